The largest absolute Gasteiger partial charge is 0.342 e. The van der Waals surface area contributed by atoms with Crippen LogP contribution in [-0.4, -0.2) is 64.1 Å². The van der Waals surface area contributed by atoms with E-state index in [0.29, 0.717) is 19.4 Å². The van der Waals surface area contributed by atoms with Gasteiger partial charge in [0.05, 0.1) is 0 Å². The van der Waals surface area contributed by atoms with Gasteiger partial charge in [0, 0.05) is 45.4 Å². The molecule has 3 fully saturated rings. The number of likely N-dealkylation sites (tertiary alicyclic amines) is 1. The molecule has 2 saturated heterocycles. The second-order valence-corrected chi connectivity index (χ2v) is 8.00. The highest BCUT2D eigenvalue weighted by molar-refractivity contribution is 6.06. The van der Waals surface area contributed by atoms with E-state index in [0.717, 1.165) is 10.5 Å². The summed E-state index contributed by atoms with van der Waals surface area (Å²) in [7, 11) is 1.48. The lowest BCUT2D eigenvalue weighted by Crippen LogP contribution is -2.57. The first-order valence-corrected chi connectivity index (χ1v) is 9.54. The van der Waals surface area contributed by atoms with E-state index in [2.05, 4.69) is 0 Å². The first-order chi connectivity index (χ1) is 13.2. The van der Waals surface area contributed by atoms with Gasteiger partial charge < -0.3 is 9.80 Å². The molecule has 1 atom stereocenters. The summed E-state index contributed by atoms with van der Waals surface area (Å²) in [5.74, 6) is -4.12. The third-order valence-electron chi connectivity index (χ3n) is 6.24. The normalized spacial score (nSPS) is 25.5. The number of alkyl halides is 2. The quantitative estimate of drug-likeness (QED) is 0.741. The van der Waals surface area contributed by atoms with Gasteiger partial charge in [0.25, 0.3) is 11.8 Å². The molecule has 0 bridgehead atoms. The van der Waals surface area contributed by atoms with Crippen molar-refractivity contribution in [2.24, 2.45) is 5.92 Å². The summed E-state index contributed by atoms with van der Waals surface area (Å²) in [4.78, 5) is 42.2. The maximum atomic E-state index is 13.1. The third-order valence-corrected chi connectivity index (χ3v) is 6.24. The van der Waals surface area contributed by atoms with E-state index in [9.17, 15) is 23.2 Å². The molecule has 1 aromatic carbocycles. The molecule has 28 heavy (non-hydrogen) atoms. The van der Waals surface area contributed by atoms with Gasteiger partial charge in [-0.1, -0.05) is 30.3 Å². The van der Waals surface area contributed by atoms with Crippen LogP contribution in [0.25, 0.3) is 0 Å². The molecule has 6 nitrogen and oxygen atoms in total. The molecule has 2 heterocycles. The van der Waals surface area contributed by atoms with Gasteiger partial charge in [-0.05, 0) is 18.4 Å². The third kappa shape index (κ3) is 3.04. The molecule has 1 aromatic rings. The predicted octanol–water partition coefficient (Wildman–Crippen LogP) is 2.49. The van der Waals surface area contributed by atoms with E-state index < -0.39 is 17.4 Å². The van der Waals surface area contributed by atoms with Crippen molar-refractivity contribution in [3.05, 3.63) is 35.9 Å². The van der Waals surface area contributed by atoms with Gasteiger partial charge in [-0.3, -0.25) is 14.5 Å². The van der Waals surface area contributed by atoms with Crippen LogP contribution in [-0.2, 0) is 16.1 Å². The number of benzene rings is 1. The molecule has 1 aliphatic carbocycles. The number of nitrogens with zero attached hydrogens (tertiary/aromatic N) is 3. The molecule has 0 aromatic heterocycles. The van der Waals surface area contributed by atoms with Crippen LogP contribution in [0.4, 0.5) is 13.6 Å². The molecule has 3 aliphatic rings. The summed E-state index contributed by atoms with van der Waals surface area (Å²) in [5, 5.41) is 0. The molecule has 2 aliphatic heterocycles. The van der Waals surface area contributed by atoms with Crippen LogP contribution >= 0.6 is 0 Å². The minimum absolute atomic E-state index is 0.152. The molecule has 8 heteroatoms. The topological polar surface area (TPSA) is 60.9 Å². The van der Waals surface area contributed by atoms with Crippen LogP contribution in [0.3, 0.4) is 0 Å². The van der Waals surface area contributed by atoms with E-state index in [-0.39, 0.29) is 43.8 Å². The zero-order valence-electron chi connectivity index (χ0n) is 15.7. The number of carbonyl (C=O) groups excluding carboxylic acids is 3. The maximum Gasteiger partial charge on any atom is 0.327 e. The number of carbonyl (C=O) groups is 3. The smallest absolute Gasteiger partial charge is 0.327 e. The second-order valence-electron chi connectivity index (χ2n) is 8.00. The van der Waals surface area contributed by atoms with Gasteiger partial charge in [-0.2, -0.15) is 0 Å². The molecule has 1 unspecified atom stereocenters. The number of imide groups is 1. The summed E-state index contributed by atoms with van der Waals surface area (Å²) in [6.45, 7) is 0.891. The number of piperidine rings is 1. The van der Waals surface area contributed by atoms with Gasteiger partial charge in [0.2, 0.25) is 5.91 Å². The van der Waals surface area contributed by atoms with Crippen LogP contribution in [0, 0.1) is 5.92 Å². The minimum atomic E-state index is -2.71. The van der Waals surface area contributed by atoms with E-state index in [1.807, 2.05) is 30.3 Å². The fourth-order valence-corrected chi connectivity index (χ4v) is 4.30. The average Bonchev–Trinajstić information content (AvgIpc) is 3.26. The van der Waals surface area contributed by atoms with Crippen molar-refractivity contribution in [2.75, 3.05) is 20.1 Å². The Morgan fingerprint density at radius 1 is 1.14 bits per heavy atom. The number of hydrogen-bond acceptors (Lipinski definition) is 3. The van der Waals surface area contributed by atoms with Crippen molar-refractivity contribution < 1.29 is 23.2 Å². The lowest BCUT2D eigenvalue weighted by atomic mass is 9.85. The van der Waals surface area contributed by atoms with Crippen LogP contribution in [0.1, 0.15) is 31.2 Å². The summed E-state index contributed by atoms with van der Waals surface area (Å²) in [6.07, 6.45) is 0.267. The highest BCUT2D eigenvalue weighted by Crippen LogP contribution is 2.51. The SMILES string of the molecule is CN1C(=O)N(Cc2ccccc2)C2(CCN(C(=O)CC3CC3(F)F)CC2)C1=O. The fourth-order valence-electron chi connectivity index (χ4n) is 4.30. The van der Waals surface area contributed by atoms with E-state index in [4.69, 9.17) is 0 Å². The van der Waals surface area contributed by atoms with Crippen LogP contribution < -0.4 is 0 Å². The van der Waals surface area contributed by atoms with Crippen molar-refractivity contribution in [3.63, 3.8) is 0 Å². The molecule has 1 spiro atoms. The Kier molecular flexibility index (Phi) is 4.39. The highest BCUT2D eigenvalue weighted by Gasteiger charge is 2.59. The summed E-state index contributed by atoms with van der Waals surface area (Å²) in [5.41, 5.74) is -0.0464. The molecular formula is C20H23F2N3O3. The summed E-state index contributed by atoms with van der Waals surface area (Å²) < 4.78 is 26.2. The Bertz CT molecular complexity index is 806. The van der Waals surface area contributed by atoms with E-state index >= 15 is 0 Å². The zero-order valence-corrected chi connectivity index (χ0v) is 15.7. The van der Waals surface area contributed by atoms with Crippen molar-refractivity contribution in [1.29, 1.82) is 0 Å². The first kappa shape index (κ1) is 18.8. The van der Waals surface area contributed by atoms with Gasteiger partial charge in [0.15, 0.2) is 0 Å². The molecule has 150 valence electrons. The van der Waals surface area contributed by atoms with Gasteiger partial charge in [-0.15, -0.1) is 0 Å². The number of hydrogen-bond donors (Lipinski definition) is 0. The van der Waals surface area contributed by atoms with Crippen LogP contribution in [0.5, 0.6) is 0 Å². The van der Waals surface area contributed by atoms with E-state index in [1.54, 1.807) is 9.80 Å². The second kappa shape index (κ2) is 6.53. The summed E-state index contributed by atoms with van der Waals surface area (Å²) >= 11 is 0. The predicted molar refractivity (Wildman–Crippen MR) is 96.4 cm³/mol. The molecule has 1 saturated carbocycles. The number of halogens is 2. The Morgan fingerprint density at radius 2 is 1.75 bits per heavy atom. The van der Waals surface area contributed by atoms with Gasteiger partial charge in [0.1, 0.15) is 5.54 Å². The zero-order chi connectivity index (χ0) is 20.1. The number of likely N-dealkylation sites (N-methyl/N-ethyl adjacent to an activating group) is 1. The fraction of sp³-hybridized carbons (Fsp3) is 0.550. The van der Waals surface area contributed by atoms with Gasteiger partial charge >= 0.3 is 6.03 Å². The molecule has 4 rings (SSSR count). The molecule has 0 radical (unpaired) electrons. The van der Waals surface area contributed by atoms with Crippen molar-refractivity contribution >= 4 is 17.8 Å². The van der Waals surface area contributed by atoms with Crippen molar-refractivity contribution in [1.82, 2.24) is 14.7 Å². The van der Waals surface area contributed by atoms with Crippen LogP contribution in [0.2, 0.25) is 0 Å². The Hall–Kier alpha value is -2.51. The Balaban J connectivity index is 1.47. The van der Waals surface area contributed by atoms with Crippen molar-refractivity contribution in [3.8, 4) is 0 Å². The minimum Gasteiger partial charge on any atom is -0.342 e. The monoisotopic (exact) mass is 391 g/mol. The first-order valence-electron chi connectivity index (χ1n) is 9.54. The maximum absolute atomic E-state index is 13.1. The standard InChI is InChI=1S/C20H23F2N3O3/c1-23-17(27)19(25(18(23)28)13-14-5-3-2-4-6-14)7-9-24(10-8-19)16(26)11-15-12-20(15,21)22/h2-6,15H,7-13H2,1H3. The average molecular weight is 391 g/mol. The Labute approximate surface area is 162 Å². The van der Waals surface area contributed by atoms with Crippen molar-refractivity contribution in [2.45, 2.75) is 43.7 Å². The highest BCUT2D eigenvalue weighted by atomic mass is 19.3. The number of urea groups is 1. The number of rotatable bonds is 4. The summed E-state index contributed by atoms with van der Waals surface area (Å²) in [6, 6.07) is 9.10. The van der Waals surface area contributed by atoms with Gasteiger partial charge in [-0.25, -0.2) is 13.6 Å². The molecule has 0 N–H and O–H groups in total. The number of amides is 4. The molecular weight excluding hydrogens is 368 g/mol. The Morgan fingerprint density at radius 3 is 2.32 bits per heavy atom. The lowest BCUT2D eigenvalue weighted by molar-refractivity contribution is -0.141. The lowest BCUT2D eigenvalue weighted by Gasteiger charge is -2.42. The molecule has 4 amide bonds. The van der Waals surface area contributed by atoms with E-state index in [1.165, 1.54) is 7.05 Å². The van der Waals surface area contributed by atoms with Crippen LogP contribution in [0.15, 0.2) is 30.3 Å².